The Morgan fingerprint density at radius 1 is 0.600 bits per heavy atom. The van der Waals surface area contributed by atoms with Gasteiger partial charge in [0, 0.05) is 0 Å². The molecule has 0 N–H and O–H groups in total. The van der Waals surface area contributed by atoms with Crippen molar-refractivity contribution in [3.8, 4) is 0 Å². The molecule has 0 fully saturated rings. The van der Waals surface area contributed by atoms with Gasteiger partial charge >= 0.3 is 29.6 Å². The third-order valence-electron chi connectivity index (χ3n) is 2.77. The molecule has 0 rings (SSSR count). The third-order valence-corrected chi connectivity index (χ3v) is 3.50. The van der Waals surface area contributed by atoms with E-state index in [9.17, 15) is 56.9 Å². The summed E-state index contributed by atoms with van der Waals surface area (Å²) in [5.74, 6) is -2.15. The molecule has 0 spiro atoms. The molecule has 146 valence electrons. The molecule has 0 saturated carbocycles. The summed E-state index contributed by atoms with van der Waals surface area (Å²) in [6, 6.07) is 0. The second-order valence-electron chi connectivity index (χ2n) is 4.69. The van der Waals surface area contributed by atoms with Gasteiger partial charge in [0.2, 0.25) is 0 Å². The van der Waals surface area contributed by atoms with E-state index < -0.39 is 71.7 Å². The summed E-state index contributed by atoms with van der Waals surface area (Å²) in [6.45, 7) is 0. The van der Waals surface area contributed by atoms with Crippen LogP contribution in [0.2, 0.25) is 0 Å². The number of alkyl halides is 10. The molecule has 0 aliphatic heterocycles. The predicted molar refractivity (Wildman–Crippen MR) is 59.7 cm³/mol. The van der Waals surface area contributed by atoms with E-state index in [0.717, 1.165) is 0 Å². The van der Waals surface area contributed by atoms with E-state index in [2.05, 4.69) is 0 Å². The number of rotatable bonds is 10. The summed E-state index contributed by atoms with van der Waals surface area (Å²) in [7, 11) is -5.41. The van der Waals surface area contributed by atoms with Crippen LogP contribution in [-0.4, -0.2) is 74.5 Å². The van der Waals surface area contributed by atoms with Gasteiger partial charge in [0.05, 0.1) is 15.9 Å². The summed E-state index contributed by atoms with van der Waals surface area (Å²) in [4.78, 5) is 0. The van der Waals surface area contributed by atoms with Crippen molar-refractivity contribution in [3.05, 3.63) is 0 Å². The first-order valence-corrected chi connectivity index (χ1v) is 7.62. The van der Waals surface area contributed by atoms with Crippen LogP contribution in [0, 0.1) is 0 Å². The van der Waals surface area contributed by atoms with Crippen LogP contribution >= 0.6 is 0 Å². The van der Waals surface area contributed by atoms with Crippen LogP contribution in [0.15, 0.2) is 0 Å². The first kappa shape index (κ1) is 27.4. The van der Waals surface area contributed by atoms with E-state index in [4.69, 9.17) is 0 Å². The Morgan fingerprint density at radius 3 is 1.16 bits per heavy atom. The van der Waals surface area contributed by atoms with Crippen LogP contribution in [0.1, 0.15) is 0 Å². The van der Waals surface area contributed by atoms with Crippen LogP contribution in [0.3, 0.4) is 0 Å². The number of hydrogen-bond acceptors (Lipinski definition) is 3. The van der Waals surface area contributed by atoms with Gasteiger partial charge < -0.3 is 4.55 Å². The molecule has 0 bridgehead atoms. The van der Waals surface area contributed by atoms with Crippen molar-refractivity contribution in [1.82, 2.24) is 0 Å². The second-order valence-corrected chi connectivity index (χ2v) is 6.13. The Kier molecular flexibility index (Phi) is 12.2. The maximum absolute atomic E-state index is 13.2. The summed E-state index contributed by atoms with van der Waals surface area (Å²) >= 11 is 0. The molecule has 3 nitrogen and oxygen atoms in total. The van der Waals surface area contributed by atoms with Crippen molar-refractivity contribution < 1.29 is 86.4 Å². The fourth-order valence-electron chi connectivity index (χ4n) is 1.50. The van der Waals surface area contributed by atoms with Crippen molar-refractivity contribution in [1.29, 1.82) is 0 Å². The number of halogens is 10. The second kappa shape index (κ2) is 11.1. The summed E-state index contributed by atoms with van der Waals surface area (Å²) in [6.07, 6.45) is -35.0. The minimum atomic E-state index is -5.41. The molecule has 8 unspecified atom stereocenters. The van der Waals surface area contributed by atoms with Gasteiger partial charge in [-0.1, -0.05) is 0 Å². The molecule has 0 aromatic carbocycles. The van der Waals surface area contributed by atoms with Crippen molar-refractivity contribution in [2.45, 2.75) is 55.8 Å². The van der Waals surface area contributed by atoms with E-state index in [1.54, 1.807) is 0 Å². The van der Waals surface area contributed by atoms with Crippen LogP contribution in [0.4, 0.5) is 43.9 Å². The molecule has 15 heteroatoms. The van der Waals surface area contributed by atoms with E-state index in [-0.39, 0.29) is 29.6 Å². The molecule has 0 heterocycles. The molecular weight excluding hydrogens is 413 g/mol. The topological polar surface area (TPSA) is 57.2 Å². The van der Waals surface area contributed by atoms with E-state index in [0.29, 0.717) is 0 Å². The summed E-state index contributed by atoms with van der Waals surface area (Å²) in [5.41, 5.74) is 0. The average Bonchev–Trinajstić information content (AvgIpc) is 2.47. The quantitative estimate of drug-likeness (QED) is 0.270. The maximum atomic E-state index is 13.2. The SMILES string of the molecule is O=S(=O)([O-])CC(F)C(F)C(F)C(F)C(F)C(F)C(F)C(F)C(F)F.[Na+]. The van der Waals surface area contributed by atoms with Crippen molar-refractivity contribution in [2.24, 2.45) is 0 Å². The van der Waals surface area contributed by atoms with Crippen molar-refractivity contribution >= 4 is 10.1 Å². The zero-order chi connectivity index (χ0) is 19.4. The predicted octanol–water partition coefficient (Wildman–Crippen LogP) is -0.494. The summed E-state index contributed by atoms with van der Waals surface area (Å²) < 4.78 is 158. The molecule has 0 aliphatic carbocycles. The van der Waals surface area contributed by atoms with E-state index in [1.165, 1.54) is 0 Å². The standard InChI is InChI=1S/C10H12F10O3S.Na/c11-2(1-24(21,22)23)3(12)4(13)5(14)6(15)7(16)8(17)9(18)10(19)20;/h2-10H,1H2,(H,21,22,23);/q;+1/p-1. The average molecular weight is 424 g/mol. The molecule has 25 heavy (non-hydrogen) atoms. The van der Waals surface area contributed by atoms with Crippen molar-refractivity contribution in [2.75, 3.05) is 5.75 Å². The molecule has 0 radical (unpaired) electrons. The molecule has 8 atom stereocenters. The Balaban J connectivity index is 0. The fourth-order valence-corrected chi connectivity index (χ4v) is 2.08. The Bertz CT molecular complexity index is 484. The monoisotopic (exact) mass is 424 g/mol. The molecular formula is C10H11F10NaO3S. The van der Waals surface area contributed by atoms with Crippen molar-refractivity contribution in [3.63, 3.8) is 0 Å². The maximum Gasteiger partial charge on any atom is 1.00 e. The fraction of sp³-hybridized carbons (Fsp3) is 1.00. The van der Waals surface area contributed by atoms with Gasteiger partial charge in [0.15, 0.2) is 43.2 Å². The van der Waals surface area contributed by atoms with Gasteiger partial charge in [-0.2, -0.15) is 0 Å². The normalized spacial score (nSPS) is 22.2. The molecule has 0 aliphatic rings. The van der Waals surface area contributed by atoms with Crippen LogP contribution in [0.5, 0.6) is 0 Å². The third kappa shape index (κ3) is 8.63. The van der Waals surface area contributed by atoms with Gasteiger partial charge in [-0.15, -0.1) is 0 Å². The Hall–Kier alpha value is 0.210. The van der Waals surface area contributed by atoms with Gasteiger partial charge in [-0.05, 0) is 0 Å². The van der Waals surface area contributed by atoms with Crippen LogP contribution < -0.4 is 29.6 Å². The minimum absolute atomic E-state index is 0. The smallest absolute Gasteiger partial charge is 0.748 e. The number of hydrogen-bond donors (Lipinski definition) is 0. The van der Waals surface area contributed by atoms with Gasteiger partial charge in [-0.25, -0.2) is 52.3 Å². The van der Waals surface area contributed by atoms with E-state index in [1.807, 2.05) is 0 Å². The van der Waals surface area contributed by atoms with Crippen LogP contribution in [0.25, 0.3) is 0 Å². The first-order chi connectivity index (χ1) is 10.7. The Morgan fingerprint density at radius 2 is 0.880 bits per heavy atom. The van der Waals surface area contributed by atoms with Gasteiger partial charge in [0.1, 0.15) is 6.17 Å². The summed E-state index contributed by atoms with van der Waals surface area (Å²) in [5, 5.41) is 0. The Labute approximate surface area is 158 Å². The van der Waals surface area contributed by atoms with Crippen LogP contribution in [-0.2, 0) is 10.1 Å². The zero-order valence-corrected chi connectivity index (χ0v) is 15.1. The van der Waals surface area contributed by atoms with Gasteiger partial charge in [0.25, 0.3) is 6.43 Å². The molecule has 0 aromatic heterocycles. The molecule has 0 amide bonds. The minimum Gasteiger partial charge on any atom is -0.748 e. The first-order valence-electron chi connectivity index (χ1n) is 6.05. The molecule has 0 saturated heterocycles. The van der Waals surface area contributed by atoms with E-state index >= 15 is 0 Å². The van der Waals surface area contributed by atoms with Gasteiger partial charge in [-0.3, -0.25) is 0 Å². The zero-order valence-electron chi connectivity index (χ0n) is 12.3. The largest absolute Gasteiger partial charge is 1.00 e. The molecule has 0 aromatic rings.